The van der Waals surface area contributed by atoms with Gasteiger partial charge in [-0.2, -0.15) is 0 Å². The lowest BCUT2D eigenvalue weighted by molar-refractivity contribution is 0.0722. The van der Waals surface area contributed by atoms with Gasteiger partial charge in [0.2, 0.25) is 0 Å². The zero-order chi connectivity index (χ0) is 19.9. The van der Waals surface area contributed by atoms with Crippen molar-refractivity contribution in [1.82, 2.24) is 4.98 Å². The maximum Gasteiger partial charge on any atom is 0.0700 e. The Morgan fingerprint density at radius 3 is 2.66 bits per heavy atom. The van der Waals surface area contributed by atoms with Gasteiger partial charge in [-0.3, -0.25) is 0 Å². The third-order valence-corrected chi connectivity index (χ3v) is 5.42. The molecule has 29 heavy (non-hydrogen) atoms. The van der Waals surface area contributed by atoms with Crippen LogP contribution in [0, 0.1) is 0 Å². The van der Waals surface area contributed by atoms with Gasteiger partial charge in [0.05, 0.1) is 31.0 Å². The fraction of sp³-hybridized carbons (Fsp3) is 0.417. The Kier molecular flexibility index (Phi) is 6.83. The lowest BCUT2D eigenvalue weighted by Crippen LogP contribution is -2.28. The molecule has 4 rings (SSSR count). The fourth-order valence-corrected chi connectivity index (χ4v) is 3.83. The Balaban J connectivity index is 1.60. The first-order chi connectivity index (χ1) is 14.3. The van der Waals surface area contributed by atoms with Gasteiger partial charge in [0.1, 0.15) is 0 Å². The summed E-state index contributed by atoms with van der Waals surface area (Å²) in [6, 6.07) is 17.7. The Bertz CT molecular complexity index is 901. The highest BCUT2D eigenvalue weighted by Crippen LogP contribution is 2.31. The van der Waals surface area contributed by atoms with Crippen LogP contribution in [0.2, 0.25) is 0 Å². The standard InChI is InChI=1S/C24H30N2O3/c1-27-13-14-29-10-7-18-15-20-17-22(19-5-3-2-4-6-19)26-24(20)23(16-18)25-21-8-11-28-12-9-21/h2-6,15-17,21,25-26H,7-14H2,1H3. The van der Waals surface area contributed by atoms with E-state index < -0.39 is 0 Å². The summed E-state index contributed by atoms with van der Waals surface area (Å²) in [5.41, 5.74) is 5.96. The number of benzene rings is 2. The van der Waals surface area contributed by atoms with E-state index in [1.807, 2.05) is 6.07 Å². The summed E-state index contributed by atoms with van der Waals surface area (Å²) in [7, 11) is 1.70. The topological polar surface area (TPSA) is 55.5 Å². The van der Waals surface area contributed by atoms with E-state index in [1.54, 1.807) is 7.11 Å². The smallest absolute Gasteiger partial charge is 0.0700 e. The van der Waals surface area contributed by atoms with E-state index in [2.05, 4.69) is 52.8 Å². The average Bonchev–Trinajstić information content (AvgIpc) is 3.20. The maximum absolute atomic E-state index is 5.68. The average molecular weight is 395 g/mol. The summed E-state index contributed by atoms with van der Waals surface area (Å²) in [4.78, 5) is 3.64. The van der Waals surface area contributed by atoms with E-state index in [-0.39, 0.29) is 0 Å². The van der Waals surface area contributed by atoms with Crippen LogP contribution in [0.15, 0.2) is 48.5 Å². The number of aromatic nitrogens is 1. The minimum Gasteiger partial charge on any atom is -0.382 e. The van der Waals surface area contributed by atoms with Crippen molar-refractivity contribution in [1.29, 1.82) is 0 Å². The van der Waals surface area contributed by atoms with E-state index in [4.69, 9.17) is 14.2 Å². The first kappa shape index (κ1) is 20.0. The quantitative estimate of drug-likeness (QED) is 0.520. The van der Waals surface area contributed by atoms with Gasteiger partial charge < -0.3 is 24.5 Å². The van der Waals surface area contributed by atoms with Crippen LogP contribution in [-0.2, 0) is 20.6 Å². The minimum atomic E-state index is 0.448. The van der Waals surface area contributed by atoms with Gasteiger partial charge in [0.25, 0.3) is 0 Å². The van der Waals surface area contributed by atoms with Crippen molar-refractivity contribution >= 4 is 16.6 Å². The van der Waals surface area contributed by atoms with Gasteiger partial charge in [-0.25, -0.2) is 0 Å². The molecule has 0 bridgehead atoms. The zero-order valence-electron chi connectivity index (χ0n) is 17.1. The van der Waals surface area contributed by atoms with Crippen LogP contribution in [-0.4, -0.2) is 51.2 Å². The molecule has 5 nitrogen and oxygen atoms in total. The molecular weight excluding hydrogens is 364 g/mol. The molecule has 1 aromatic heterocycles. The van der Waals surface area contributed by atoms with Crippen molar-refractivity contribution in [3.05, 3.63) is 54.1 Å². The summed E-state index contributed by atoms with van der Waals surface area (Å²) in [6.45, 7) is 3.62. The van der Waals surface area contributed by atoms with Crippen LogP contribution in [0.5, 0.6) is 0 Å². The highest BCUT2D eigenvalue weighted by atomic mass is 16.5. The van der Waals surface area contributed by atoms with Gasteiger partial charge in [-0.15, -0.1) is 0 Å². The molecule has 1 aliphatic rings. The molecule has 154 valence electrons. The van der Waals surface area contributed by atoms with Crippen molar-refractivity contribution in [2.75, 3.05) is 45.5 Å². The number of fused-ring (bicyclic) bond motifs is 1. The predicted molar refractivity (Wildman–Crippen MR) is 118 cm³/mol. The van der Waals surface area contributed by atoms with Crippen LogP contribution in [0.4, 0.5) is 5.69 Å². The summed E-state index contributed by atoms with van der Waals surface area (Å²) in [6.07, 6.45) is 2.96. The highest BCUT2D eigenvalue weighted by Gasteiger charge is 2.16. The summed E-state index contributed by atoms with van der Waals surface area (Å²) < 4.78 is 16.3. The van der Waals surface area contributed by atoms with Gasteiger partial charge in [-0.1, -0.05) is 30.3 Å². The second kappa shape index (κ2) is 9.92. The third kappa shape index (κ3) is 5.18. The molecule has 2 N–H and O–H groups in total. The molecule has 5 heteroatoms. The Labute approximate surface area is 172 Å². The normalized spacial score (nSPS) is 15.1. The molecule has 0 radical (unpaired) electrons. The van der Waals surface area contributed by atoms with Gasteiger partial charge in [0.15, 0.2) is 0 Å². The maximum atomic E-state index is 5.68. The molecule has 0 aliphatic carbocycles. The number of methoxy groups -OCH3 is 1. The summed E-state index contributed by atoms with van der Waals surface area (Å²) in [5.74, 6) is 0. The van der Waals surface area contributed by atoms with Crippen LogP contribution in [0.3, 0.4) is 0 Å². The first-order valence-electron chi connectivity index (χ1n) is 10.5. The number of aromatic amines is 1. The van der Waals surface area contributed by atoms with E-state index in [0.717, 1.165) is 38.2 Å². The lowest BCUT2D eigenvalue weighted by atomic mass is 10.0. The van der Waals surface area contributed by atoms with Crippen LogP contribution in [0.25, 0.3) is 22.2 Å². The van der Waals surface area contributed by atoms with E-state index in [0.29, 0.717) is 25.9 Å². The van der Waals surface area contributed by atoms with Gasteiger partial charge in [-0.05, 0) is 48.6 Å². The zero-order valence-corrected chi connectivity index (χ0v) is 17.1. The molecule has 0 spiro atoms. The molecule has 1 fully saturated rings. The number of ether oxygens (including phenoxy) is 3. The molecule has 1 saturated heterocycles. The van der Waals surface area contributed by atoms with Crippen molar-refractivity contribution in [3.8, 4) is 11.3 Å². The minimum absolute atomic E-state index is 0.448. The van der Waals surface area contributed by atoms with Crippen molar-refractivity contribution < 1.29 is 14.2 Å². The molecule has 0 saturated carbocycles. The van der Waals surface area contributed by atoms with Crippen molar-refractivity contribution in [2.24, 2.45) is 0 Å². The highest BCUT2D eigenvalue weighted by molar-refractivity contribution is 5.95. The molecule has 2 heterocycles. The summed E-state index contributed by atoms with van der Waals surface area (Å²) >= 11 is 0. The fourth-order valence-electron chi connectivity index (χ4n) is 3.83. The Morgan fingerprint density at radius 2 is 1.86 bits per heavy atom. The number of H-pyrrole nitrogens is 1. The monoisotopic (exact) mass is 394 g/mol. The second-order valence-corrected chi connectivity index (χ2v) is 7.54. The molecule has 3 aromatic rings. The number of hydrogen-bond acceptors (Lipinski definition) is 4. The lowest BCUT2D eigenvalue weighted by Gasteiger charge is -2.24. The van der Waals surface area contributed by atoms with Crippen molar-refractivity contribution in [3.63, 3.8) is 0 Å². The van der Waals surface area contributed by atoms with Gasteiger partial charge in [0, 0.05) is 37.4 Å². The molecule has 1 aliphatic heterocycles. The molecular formula is C24H30N2O3. The van der Waals surface area contributed by atoms with Crippen LogP contribution >= 0.6 is 0 Å². The molecule has 0 unspecified atom stereocenters. The van der Waals surface area contributed by atoms with Gasteiger partial charge >= 0.3 is 0 Å². The van der Waals surface area contributed by atoms with E-state index in [1.165, 1.54) is 27.7 Å². The van der Waals surface area contributed by atoms with E-state index in [9.17, 15) is 0 Å². The molecule has 2 aromatic carbocycles. The van der Waals surface area contributed by atoms with Crippen LogP contribution in [0.1, 0.15) is 18.4 Å². The largest absolute Gasteiger partial charge is 0.382 e. The number of nitrogens with one attached hydrogen (secondary N) is 2. The Morgan fingerprint density at radius 1 is 1.03 bits per heavy atom. The first-order valence-corrected chi connectivity index (χ1v) is 10.5. The number of rotatable bonds is 9. The molecule has 0 amide bonds. The third-order valence-electron chi connectivity index (χ3n) is 5.42. The second-order valence-electron chi connectivity index (χ2n) is 7.54. The number of anilines is 1. The number of hydrogen-bond donors (Lipinski definition) is 2. The van der Waals surface area contributed by atoms with E-state index >= 15 is 0 Å². The molecule has 0 atom stereocenters. The van der Waals surface area contributed by atoms with Crippen LogP contribution < -0.4 is 5.32 Å². The predicted octanol–water partition coefficient (Wildman–Crippen LogP) is 4.63. The SMILES string of the molecule is COCCOCCc1cc(NC2CCOCC2)c2[nH]c(-c3ccccc3)cc2c1. The Hall–Kier alpha value is -2.34. The van der Waals surface area contributed by atoms with Crippen molar-refractivity contribution in [2.45, 2.75) is 25.3 Å². The summed E-state index contributed by atoms with van der Waals surface area (Å²) in [5, 5.41) is 5.00.